The second-order valence-corrected chi connectivity index (χ2v) is 12.2. The summed E-state index contributed by atoms with van der Waals surface area (Å²) in [6.45, 7) is 10.7. The van der Waals surface area contributed by atoms with Gasteiger partial charge in [-0.1, -0.05) is 63.8 Å². The van der Waals surface area contributed by atoms with Gasteiger partial charge in [-0.25, -0.2) is 0 Å². The van der Waals surface area contributed by atoms with E-state index in [2.05, 4.69) is 38.5 Å². The number of carbonyl (C=O) groups is 1. The predicted molar refractivity (Wildman–Crippen MR) is 140 cm³/mol. The van der Waals surface area contributed by atoms with E-state index in [4.69, 9.17) is 12.2 Å². The van der Waals surface area contributed by atoms with Crippen LogP contribution in [0.5, 0.6) is 5.75 Å². The van der Waals surface area contributed by atoms with E-state index >= 15 is 0 Å². The van der Waals surface area contributed by atoms with Crippen LogP contribution >= 0.6 is 24.0 Å². The maximum absolute atomic E-state index is 13.3. The molecule has 0 atom stereocenters. The first-order valence-electron chi connectivity index (χ1n) is 11.4. The van der Waals surface area contributed by atoms with Gasteiger partial charge in [0.15, 0.2) is 0 Å². The zero-order valence-corrected chi connectivity index (χ0v) is 22.2. The summed E-state index contributed by atoms with van der Waals surface area (Å²) in [4.78, 5) is 14.3. The molecule has 186 valence electrons. The van der Waals surface area contributed by atoms with E-state index in [1.807, 2.05) is 13.0 Å². The molecule has 1 heterocycles. The van der Waals surface area contributed by atoms with Crippen molar-refractivity contribution in [3.8, 4) is 16.9 Å². The minimum Gasteiger partial charge on any atom is -0.405 e. The van der Waals surface area contributed by atoms with Crippen molar-refractivity contribution in [1.29, 1.82) is 0 Å². The van der Waals surface area contributed by atoms with Crippen LogP contribution in [0.1, 0.15) is 62.8 Å². The minimum atomic E-state index is -4.83. The van der Waals surface area contributed by atoms with Crippen molar-refractivity contribution >= 4 is 40.3 Å². The van der Waals surface area contributed by atoms with Crippen LogP contribution in [0.4, 0.5) is 13.2 Å². The number of benzene rings is 2. The third-order valence-corrected chi connectivity index (χ3v) is 8.49. The maximum Gasteiger partial charge on any atom is 0.573 e. The number of hydrogen-bond acceptors (Lipinski definition) is 4. The summed E-state index contributed by atoms with van der Waals surface area (Å²) < 4.78 is 44.8. The fraction of sp³-hybridized carbons (Fsp3) is 0.407. The first-order valence-corrected chi connectivity index (χ1v) is 12.6. The molecule has 0 spiro atoms. The van der Waals surface area contributed by atoms with E-state index in [9.17, 15) is 18.0 Å². The Hall–Kier alpha value is -2.32. The molecule has 4 rings (SSSR count). The van der Waals surface area contributed by atoms with E-state index in [0.29, 0.717) is 25.9 Å². The zero-order chi connectivity index (χ0) is 25.9. The van der Waals surface area contributed by atoms with Crippen molar-refractivity contribution in [1.82, 2.24) is 4.90 Å². The largest absolute Gasteiger partial charge is 0.573 e. The number of fused-ring (bicyclic) bond motifs is 1. The molecule has 1 amide bonds. The van der Waals surface area contributed by atoms with Crippen molar-refractivity contribution in [2.45, 2.75) is 64.7 Å². The average molecular weight is 520 g/mol. The van der Waals surface area contributed by atoms with Gasteiger partial charge in [-0.2, -0.15) is 0 Å². The molecular weight excluding hydrogens is 491 g/mol. The van der Waals surface area contributed by atoms with Crippen molar-refractivity contribution in [2.75, 3.05) is 7.05 Å². The number of carbonyl (C=O) groups excluding carboxylic acids is 1. The zero-order valence-electron chi connectivity index (χ0n) is 20.6. The molecule has 2 aliphatic rings. The standard InChI is InChI=1S/C27H28F3NO2S2/c1-15-11-19-20(26(4,5)10-9-25(19,2)3)14-17(15)18-12-16(7-8-21(18)33-27(28,29)30)13-22-23(32)31(6)24(34)35-22/h7-8,11-14H,9-10H2,1-6H3. The second kappa shape index (κ2) is 8.66. The molecule has 1 aliphatic carbocycles. The lowest BCUT2D eigenvalue weighted by atomic mass is 9.62. The summed E-state index contributed by atoms with van der Waals surface area (Å²) in [5, 5.41) is 0. The Bertz CT molecular complexity index is 1260. The number of aryl methyl sites for hydroxylation is 1. The summed E-state index contributed by atoms with van der Waals surface area (Å²) in [5.74, 6) is -0.500. The highest BCUT2D eigenvalue weighted by Gasteiger charge is 2.38. The molecular formula is C27H28F3NO2S2. The molecule has 8 heteroatoms. The fourth-order valence-corrected chi connectivity index (χ4v) is 5.95. The highest BCUT2D eigenvalue weighted by molar-refractivity contribution is 8.26. The van der Waals surface area contributed by atoms with Crippen LogP contribution in [0.15, 0.2) is 35.2 Å². The topological polar surface area (TPSA) is 29.5 Å². The smallest absolute Gasteiger partial charge is 0.405 e. The molecule has 0 radical (unpaired) electrons. The molecule has 0 aromatic heterocycles. The second-order valence-electron chi connectivity index (χ2n) is 10.5. The van der Waals surface area contributed by atoms with Crippen molar-refractivity contribution < 1.29 is 22.7 Å². The highest BCUT2D eigenvalue weighted by Crippen LogP contribution is 2.49. The summed E-state index contributed by atoms with van der Waals surface area (Å²) in [7, 11) is 1.60. The van der Waals surface area contributed by atoms with Crippen LogP contribution in [0.25, 0.3) is 17.2 Å². The molecule has 0 unspecified atom stereocenters. The van der Waals surface area contributed by atoms with E-state index in [-0.39, 0.29) is 22.5 Å². The summed E-state index contributed by atoms with van der Waals surface area (Å²) in [5.41, 5.74) is 4.75. The molecule has 1 aliphatic heterocycles. The van der Waals surface area contributed by atoms with E-state index in [1.54, 1.807) is 19.2 Å². The normalized spacial score (nSPS) is 20.4. The van der Waals surface area contributed by atoms with Gasteiger partial charge in [0.25, 0.3) is 5.91 Å². The van der Waals surface area contributed by atoms with Crippen LogP contribution in [-0.4, -0.2) is 28.5 Å². The van der Waals surface area contributed by atoms with Gasteiger partial charge in [0.1, 0.15) is 10.1 Å². The monoisotopic (exact) mass is 519 g/mol. The Labute approximate surface area is 213 Å². The van der Waals surface area contributed by atoms with Crippen LogP contribution in [0.2, 0.25) is 0 Å². The Balaban J connectivity index is 1.90. The van der Waals surface area contributed by atoms with Gasteiger partial charge in [0.2, 0.25) is 0 Å². The van der Waals surface area contributed by atoms with Crippen LogP contribution in [0, 0.1) is 6.92 Å². The Morgan fingerprint density at radius 2 is 1.63 bits per heavy atom. The van der Waals surface area contributed by atoms with Gasteiger partial charge >= 0.3 is 6.36 Å². The highest BCUT2D eigenvalue weighted by atomic mass is 32.2. The molecule has 1 saturated heterocycles. The quantitative estimate of drug-likeness (QED) is 0.306. The summed E-state index contributed by atoms with van der Waals surface area (Å²) >= 11 is 6.36. The van der Waals surface area contributed by atoms with Gasteiger partial charge in [-0.3, -0.25) is 9.69 Å². The molecule has 2 aromatic rings. The average Bonchev–Trinajstić information content (AvgIpc) is 2.98. The van der Waals surface area contributed by atoms with E-state index < -0.39 is 6.36 Å². The van der Waals surface area contributed by atoms with Crippen LogP contribution in [0.3, 0.4) is 0 Å². The van der Waals surface area contributed by atoms with Gasteiger partial charge < -0.3 is 4.74 Å². The molecule has 35 heavy (non-hydrogen) atoms. The van der Waals surface area contributed by atoms with Gasteiger partial charge in [-0.05, 0) is 82.7 Å². The summed E-state index contributed by atoms with van der Waals surface area (Å²) in [6, 6.07) is 8.62. The number of likely N-dealkylation sites (N-methyl/N-ethyl adjacent to an activating group) is 1. The minimum absolute atomic E-state index is 0.0176. The number of thioether (sulfide) groups is 1. The predicted octanol–water partition coefficient (Wildman–Crippen LogP) is 7.74. The number of hydrogen-bond donors (Lipinski definition) is 0. The Kier molecular flexibility index (Phi) is 6.37. The van der Waals surface area contributed by atoms with Gasteiger partial charge in [-0.15, -0.1) is 13.2 Å². The van der Waals surface area contributed by atoms with E-state index in [0.717, 1.165) is 24.0 Å². The summed E-state index contributed by atoms with van der Waals surface area (Å²) in [6.07, 6.45) is -1.14. The van der Waals surface area contributed by atoms with Crippen molar-refractivity contribution in [3.63, 3.8) is 0 Å². The number of thiocarbonyl (C=S) groups is 1. The van der Waals surface area contributed by atoms with Crippen molar-refractivity contribution in [2.24, 2.45) is 0 Å². The third kappa shape index (κ3) is 5.00. The number of halogens is 3. The Morgan fingerprint density at radius 1 is 1.03 bits per heavy atom. The number of nitrogens with zero attached hydrogens (tertiary/aromatic N) is 1. The number of ether oxygens (including phenoxy) is 1. The molecule has 0 N–H and O–H groups in total. The molecule has 0 bridgehead atoms. The van der Waals surface area contributed by atoms with Gasteiger partial charge in [0, 0.05) is 12.6 Å². The lowest BCUT2D eigenvalue weighted by Crippen LogP contribution is -2.34. The lowest BCUT2D eigenvalue weighted by molar-refractivity contribution is -0.274. The number of alkyl halides is 3. The lowest BCUT2D eigenvalue weighted by Gasteiger charge is -2.42. The number of rotatable bonds is 3. The Morgan fingerprint density at radius 3 is 2.17 bits per heavy atom. The maximum atomic E-state index is 13.3. The van der Waals surface area contributed by atoms with Crippen LogP contribution < -0.4 is 4.74 Å². The SMILES string of the molecule is Cc1cc2c(cc1-c1cc(C=C3SC(=S)N(C)C3=O)ccc1OC(F)(F)F)C(C)(C)CCC2(C)C. The first-order chi connectivity index (χ1) is 16.1. The van der Waals surface area contributed by atoms with Crippen molar-refractivity contribution in [3.05, 3.63) is 57.5 Å². The third-order valence-electron chi connectivity index (χ3n) is 7.00. The van der Waals surface area contributed by atoms with Crippen LogP contribution in [-0.2, 0) is 15.6 Å². The molecule has 2 aromatic carbocycles. The first kappa shape index (κ1) is 25.8. The fourth-order valence-electron chi connectivity index (χ4n) is 4.77. The van der Waals surface area contributed by atoms with Gasteiger partial charge in [0.05, 0.1) is 4.91 Å². The van der Waals surface area contributed by atoms with E-state index in [1.165, 1.54) is 34.4 Å². The molecule has 1 fully saturated rings. The number of amides is 1. The molecule has 3 nitrogen and oxygen atoms in total. The molecule has 0 saturated carbocycles.